The maximum Gasteiger partial charge on any atom is 0.275 e. The number of nitrogens with one attached hydrogen (secondary N) is 1. The first kappa shape index (κ1) is 18.1. The highest BCUT2D eigenvalue weighted by molar-refractivity contribution is 6.31. The van der Waals surface area contributed by atoms with Crippen LogP contribution in [0.15, 0.2) is 30.6 Å². The maximum absolute atomic E-state index is 13.1. The zero-order chi connectivity index (χ0) is 17.5. The Hall–Kier alpha value is -2.21. The standard InChI is InChI=1S/C17H20ClFN4O/c1-3-7-23(8-4-2)16-11-20-15(10-21-16)17(24)22-12-5-6-14(19)13(18)9-12/h5-6,9-11H,3-4,7-8H2,1-2H3,(H,22,24). The van der Waals surface area contributed by atoms with Crippen LogP contribution in [0.3, 0.4) is 0 Å². The molecule has 0 bridgehead atoms. The molecule has 7 heteroatoms. The molecule has 2 aromatic rings. The minimum absolute atomic E-state index is 0.0518. The van der Waals surface area contributed by atoms with E-state index in [1.54, 1.807) is 6.20 Å². The molecule has 0 atom stereocenters. The Kier molecular flexibility index (Phi) is 6.49. The summed E-state index contributed by atoms with van der Waals surface area (Å²) in [6.07, 6.45) is 5.05. The Labute approximate surface area is 145 Å². The Balaban J connectivity index is 2.08. The molecule has 0 saturated heterocycles. The predicted molar refractivity (Wildman–Crippen MR) is 94.2 cm³/mol. The lowest BCUT2D eigenvalue weighted by Crippen LogP contribution is -2.26. The number of carbonyl (C=O) groups excluding carboxylic acids is 1. The highest BCUT2D eigenvalue weighted by Gasteiger charge is 2.12. The van der Waals surface area contributed by atoms with E-state index in [9.17, 15) is 9.18 Å². The third-order valence-corrected chi connectivity index (χ3v) is 3.65. The van der Waals surface area contributed by atoms with Crippen LogP contribution in [-0.4, -0.2) is 29.0 Å². The van der Waals surface area contributed by atoms with Crippen molar-refractivity contribution in [1.29, 1.82) is 0 Å². The van der Waals surface area contributed by atoms with Gasteiger partial charge in [-0.25, -0.2) is 14.4 Å². The van der Waals surface area contributed by atoms with Crippen LogP contribution < -0.4 is 10.2 Å². The van der Waals surface area contributed by atoms with E-state index in [-0.39, 0.29) is 10.7 Å². The molecule has 128 valence electrons. The molecule has 24 heavy (non-hydrogen) atoms. The van der Waals surface area contributed by atoms with E-state index in [1.807, 2.05) is 0 Å². The van der Waals surface area contributed by atoms with E-state index in [0.717, 1.165) is 31.7 Å². The zero-order valence-corrected chi connectivity index (χ0v) is 14.5. The quantitative estimate of drug-likeness (QED) is 0.815. The summed E-state index contributed by atoms with van der Waals surface area (Å²) in [4.78, 5) is 22.8. The van der Waals surface area contributed by atoms with E-state index in [0.29, 0.717) is 5.69 Å². The summed E-state index contributed by atoms with van der Waals surface area (Å²) in [6.45, 7) is 5.99. The van der Waals surface area contributed by atoms with Gasteiger partial charge in [-0.15, -0.1) is 0 Å². The molecule has 0 saturated carbocycles. The number of aromatic nitrogens is 2. The van der Waals surface area contributed by atoms with Gasteiger partial charge in [-0.3, -0.25) is 4.79 Å². The molecule has 1 amide bonds. The monoisotopic (exact) mass is 350 g/mol. The van der Waals surface area contributed by atoms with E-state index >= 15 is 0 Å². The van der Waals surface area contributed by atoms with Gasteiger partial charge in [0.05, 0.1) is 17.4 Å². The molecular weight excluding hydrogens is 331 g/mol. The van der Waals surface area contributed by atoms with Crippen molar-refractivity contribution in [3.8, 4) is 0 Å². The van der Waals surface area contributed by atoms with Crippen LogP contribution in [0.5, 0.6) is 0 Å². The molecule has 0 aliphatic carbocycles. The minimum atomic E-state index is -0.536. The van der Waals surface area contributed by atoms with Crippen molar-refractivity contribution in [2.75, 3.05) is 23.3 Å². The van der Waals surface area contributed by atoms with Gasteiger partial charge in [0.15, 0.2) is 0 Å². The molecular formula is C17H20ClFN4O. The zero-order valence-electron chi connectivity index (χ0n) is 13.7. The van der Waals surface area contributed by atoms with Crippen LogP contribution in [0.1, 0.15) is 37.2 Å². The summed E-state index contributed by atoms with van der Waals surface area (Å²) >= 11 is 5.70. The SMILES string of the molecule is CCCN(CCC)c1cnc(C(=O)Nc2ccc(F)c(Cl)c2)cn1. The number of halogens is 2. The number of carbonyl (C=O) groups is 1. The average molecular weight is 351 g/mol. The second-order valence-electron chi connectivity index (χ2n) is 5.33. The van der Waals surface area contributed by atoms with E-state index in [2.05, 4.69) is 34.0 Å². The Bertz CT molecular complexity index is 687. The van der Waals surface area contributed by atoms with Gasteiger partial charge >= 0.3 is 0 Å². The number of benzene rings is 1. The lowest BCUT2D eigenvalue weighted by Gasteiger charge is -2.22. The van der Waals surface area contributed by atoms with Gasteiger partial charge in [0, 0.05) is 18.8 Å². The maximum atomic E-state index is 13.1. The van der Waals surface area contributed by atoms with Crippen LogP contribution in [0.4, 0.5) is 15.9 Å². The van der Waals surface area contributed by atoms with Gasteiger partial charge in [-0.1, -0.05) is 25.4 Å². The first-order valence-corrected chi connectivity index (χ1v) is 8.26. The molecule has 0 radical (unpaired) electrons. The summed E-state index contributed by atoms with van der Waals surface area (Å²) in [5, 5.41) is 2.57. The first-order chi connectivity index (χ1) is 11.5. The summed E-state index contributed by atoms with van der Waals surface area (Å²) < 4.78 is 13.1. The van der Waals surface area contributed by atoms with Gasteiger partial charge < -0.3 is 10.2 Å². The molecule has 1 N–H and O–H groups in total. The third kappa shape index (κ3) is 4.64. The fraction of sp³-hybridized carbons (Fsp3) is 0.353. The summed E-state index contributed by atoms with van der Waals surface area (Å²) in [6, 6.07) is 3.98. The van der Waals surface area contributed by atoms with Crippen molar-refractivity contribution >= 4 is 29.0 Å². The number of anilines is 2. The van der Waals surface area contributed by atoms with Gasteiger partial charge in [0.1, 0.15) is 17.3 Å². The molecule has 0 aliphatic heterocycles. The number of amides is 1. The largest absolute Gasteiger partial charge is 0.355 e. The van der Waals surface area contributed by atoms with Crippen LogP contribution in [0.25, 0.3) is 0 Å². The van der Waals surface area contributed by atoms with Gasteiger partial charge in [-0.2, -0.15) is 0 Å². The second kappa shape index (κ2) is 8.59. The van der Waals surface area contributed by atoms with E-state index in [4.69, 9.17) is 11.6 Å². The predicted octanol–water partition coefficient (Wildman–Crippen LogP) is 4.15. The normalized spacial score (nSPS) is 10.5. The summed E-state index contributed by atoms with van der Waals surface area (Å²) in [7, 11) is 0. The topological polar surface area (TPSA) is 58.1 Å². The van der Waals surface area contributed by atoms with Gasteiger partial charge in [0.25, 0.3) is 5.91 Å². The average Bonchev–Trinajstić information content (AvgIpc) is 2.58. The molecule has 1 aromatic carbocycles. The van der Waals surface area contributed by atoms with Crippen LogP contribution >= 0.6 is 11.6 Å². The molecule has 0 unspecified atom stereocenters. The summed E-state index contributed by atoms with van der Waals surface area (Å²) in [5.74, 6) is -0.208. The molecule has 1 aromatic heterocycles. The minimum Gasteiger partial charge on any atom is -0.355 e. The number of hydrogen-bond acceptors (Lipinski definition) is 4. The Morgan fingerprint density at radius 1 is 1.21 bits per heavy atom. The van der Waals surface area contributed by atoms with Gasteiger partial charge in [-0.05, 0) is 31.0 Å². The lowest BCUT2D eigenvalue weighted by molar-refractivity contribution is 0.102. The fourth-order valence-electron chi connectivity index (χ4n) is 2.25. The lowest BCUT2D eigenvalue weighted by atomic mass is 10.3. The smallest absolute Gasteiger partial charge is 0.275 e. The van der Waals surface area contributed by atoms with Crippen molar-refractivity contribution in [2.45, 2.75) is 26.7 Å². The Morgan fingerprint density at radius 2 is 1.92 bits per heavy atom. The number of rotatable bonds is 7. The van der Waals surface area contributed by atoms with Crippen molar-refractivity contribution in [2.24, 2.45) is 0 Å². The third-order valence-electron chi connectivity index (χ3n) is 3.36. The molecule has 2 rings (SSSR count). The van der Waals surface area contributed by atoms with E-state index < -0.39 is 11.7 Å². The molecule has 0 aliphatic rings. The highest BCUT2D eigenvalue weighted by Crippen LogP contribution is 2.20. The first-order valence-electron chi connectivity index (χ1n) is 7.88. The molecule has 0 spiro atoms. The number of nitrogens with zero attached hydrogens (tertiary/aromatic N) is 3. The highest BCUT2D eigenvalue weighted by atomic mass is 35.5. The van der Waals surface area contributed by atoms with Crippen molar-refractivity contribution in [3.63, 3.8) is 0 Å². The number of hydrogen-bond donors (Lipinski definition) is 1. The molecule has 5 nitrogen and oxygen atoms in total. The van der Waals surface area contributed by atoms with Gasteiger partial charge in [0.2, 0.25) is 0 Å². The van der Waals surface area contributed by atoms with E-state index in [1.165, 1.54) is 24.4 Å². The van der Waals surface area contributed by atoms with Crippen LogP contribution in [-0.2, 0) is 0 Å². The molecule has 0 fully saturated rings. The van der Waals surface area contributed by atoms with Crippen molar-refractivity contribution in [3.05, 3.63) is 47.1 Å². The van der Waals surface area contributed by atoms with Crippen LogP contribution in [0.2, 0.25) is 5.02 Å². The Morgan fingerprint density at radius 3 is 2.46 bits per heavy atom. The second-order valence-corrected chi connectivity index (χ2v) is 5.74. The fourth-order valence-corrected chi connectivity index (χ4v) is 2.43. The van der Waals surface area contributed by atoms with Crippen LogP contribution in [0, 0.1) is 5.82 Å². The van der Waals surface area contributed by atoms with Crippen molar-refractivity contribution < 1.29 is 9.18 Å². The van der Waals surface area contributed by atoms with Crippen molar-refractivity contribution in [1.82, 2.24) is 9.97 Å². The molecule has 1 heterocycles. The summed E-state index contributed by atoms with van der Waals surface area (Å²) in [5.41, 5.74) is 0.586.